The van der Waals surface area contributed by atoms with Gasteiger partial charge in [0.15, 0.2) is 0 Å². The minimum atomic E-state index is -1.03. The van der Waals surface area contributed by atoms with Gasteiger partial charge in [0, 0.05) is 30.6 Å². The Hall–Kier alpha value is -3.36. The van der Waals surface area contributed by atoms with Gasteiger partial charge in [-0.2, -0.15) is 0 Å². The van der Waals surface area contributed by atoms with E-state index in [-0.39, 0.29) is 25.0 Å². The van der Waals surface area contributed by atoms with E-state index in [4.69, 9.17) is 9.47 Å². The smallest absolute Gasteiger partial charge is 0.247 e. The molecule has 0 aromatic heterocycles. The molecule has 2 aromatic rings. The molecule has 1 aliphatic heterocycles. The molecule has 3 N–H and O–H groups in total. The highest BCUT2D eigenvalue weighted by molar-refractivity contribution is 5.96. The third-order valence-corrected chi connectivity index (χ3v) is 8.61. The first kappa shape index (κ1) is 28.2. The van der Waals surface area contributed by atoms with Gasteiger partial charge in [-0.3, -0.25) is 9.59 Å². The second-order valence-corrected chi connectivity index (χ2v) is 11.0. The van der Waals surface area contributed by atoms with Crippen molar-refractivity contribution in [3.63, 3.8) is 0 Å². The second-order valence-electron chi connectivity index (χ2n) is 11.0. The van der Waals surface area contributed by atoms with Gasteiger partial charge < -0.3 is 29.9 Å². The summed E-state index contributed by atoms with van der Waals surface area (Å²) in [6.07, 6.45) is 6.53. The van der Waals surface area contributed by atoms with E-state index >= 15 is 0 Å². The first-order valence-electron chi connectivity index (χ1n) is 14.5. The van der Waals surface area contributed by atoms with E-state index in [0.717, 1.165) is 36.1 Å². The molecule has 2 aliphatic carbocycles. The first-order valence-corrected chi connectivity index (χ1v) is 14.5. The number of aliphatic hydroxyl groups excluding tert-OH is 2. The fraction of sp³-hybridized carbons (Fsp3) is 0.500. The maximum absolute atomic E-state index is 13.9. The number of methoxy groups -OCH3 is 1. The number of nitrogens with one attached hydrogen (secondary N) is 1. The number of ether oxygens (including phenoxy) is 2. The van der Waals surface area contributed by atoms with Crippen LogP contribution in [0.3, 0.4) is 0 Å². The van der Waals surface area contributed by atoms with Gasteiger partial charge in [-0.05, 0) is 42.5 Å². The SMILES string of the molecule is COc1ccccc1CCN(C(=O)CCC1CCCC1)C1C=C(C(=O)NCCO)C2c3ccccc3OC2C1O. The van der Waals surface area contributed by atoms with Gasteiger partial charge >= 0.3 is 0 Å². The topological polar surface area (TPSA) is 108 Å². The maximum Gasteiger partial charge on any atom is 0.247 e. The van der Waals surface area contributed by atoms with Gasteiger partial charge in [-0.25, -0.2) is 0 Å². The predicted octanol–water partition coefficient (Wildman–Crippen LogP) is 3.36. The minimum absolute atomic E-state index is 0.0359. The second kappa shape index (κ2) is 12.9. The van der Waals surface area contributed by atoms with Gasteiger partial charge in [-0.1, -0.05) is 62.1 Å². The van der Waals surface area contributed by atoms with Crippen molar-refractivity contribution in [1.82, 2.24) is 10.2 Å². The lowest BCUT2D eigenvalue weighted by Crippen LogP contribution is -2.56. The van der Waals surface area contributed by atoms with Crippen molar-refractivity contribution in [3.8, 4) is 11.5 Å². The normalized spacial score (nSPS) is 23.5. The van der Waals surface area contributed by atoms with Crippen LogP contribution < -0.4 is 14.8 Å². The zero-order valence-corrected chi connectivity index (χ0v) is 23.1. The van der Waals surface area contributed by atoms with Crippen LogP contribution in [0, 0.1) is 5.92 Å². The Morgan fingerprint density at radius 2 is 1.85 bits per heavy atom. The van der Waals surface area contributed by atoms with E-state index in [9.17, 15) is 19.8 Å². The van der Waals surface area contributed by atoms with E-state index < -0.39 is 24.2 Å². The number of rotatable bonds is 11. The molecule has 0 saturated heterocycles. The Labute approximate surface area is 236 Å². The average Bonchev–Trinajstić information content (AvgIpc) is 3.64. The van der Waals surface area contributed by atoms with Gasteiger partial charge in [0.1, 0.15) is 23.7 Å². The Morgan fingerprint density at radius 3 is 2.62 bits per heavy atom. The van der Waals surface area contributed by atoms with E-state index in [1.807, 2.05) is 48.5 Å². The van der Waals surface area contributed by atoms with Gasteiger partial charge in [0.05, 0.1) is 25.7 Å². The molecule has 3 aliphatic rings. The number of nitrogens with zero attached hydrogens (tertiary/aromatic N) is 1. The molecule has 4 atom stereocenters. The molecule has 0 bridgehead atoms. The van der Waals surface area contributed by atoms with Crippen molar-refractivity contribution in [2.45, 2.75) is 69.1 Å². The molecule has 0 spiro atoms. The van der Waals surface area contributed by atoms with E-state index in [1.165, 1.54) is 12.8 Å². The lowest BCUT2D eigenvalue weighted by Gasteiger charge is -2.41. The zero-order valence-electron chi connectivity index (χ0n) is 23.1. The number of fused-ring (bicyclic) bond motifs is 3. The standard InChI is InChI=1S/C32H40N2O6/c1-39-26-12-6-4-10-22(26)16-18-34(28(36)15-14-21-8-2-3-9-21)25-20-24(32(38)33-17-19-35)29-23-11-5-7-13-27(23)40-31(29)30(25)37/h4-7,10-13,20-21,25,29-31,35,37H,2-3,8-9,14-19H2,1H3,(H,33,38). The van der Waals surface area contributed by atoms with Crippen LogP contribution in [0.1, 0.15) is 55.6 Å². The lowest BCUT2D eigenvalue weighted by atomic mass is 9.77. The number of carbonyl (C=O) groups is 2. The number of hydrogen-bond donors (Lipinski definition) is 3. The number of amides is 2. The summed E-state index contributed by atoms with van der Waals surface area (Å²) < 4.78 is 11.8. The summed E-state index contributed by atoms with van der Waals surface area (Å²) in [4.78, 5) is 29.0. The number of hydrogen-bond acceptors (Lipinski definition) is 6. The highest BCUT2D eigenvalue weighted by atomic mass is 16.5. The van der Waals surface area contributed by atoms with E-state index in [0.29, 0.717) is 36.6 Å². The van der Waals surface area contributed by atoms with Gasteiger partial charge in [-0.15, -0.1) is 0 Å². The van der Waals surface area contributed by atoms with Crippen molar-refractivity contribution in [1.29, 1.82) is 0 Å². The first-order chi connectivity index (χ1) is 19.5. The van der Waals surface area contributed by atoms with Crippen molar-refractivity contribution in [2.75, 3.05) is 26.8 Å². The summed E-state index contributed by atoms with van der Waals surface area (Å²) >= 11 is 0. The Morgan fingerprint density at radius 1 is 1.10 bits per heavy atom. The Kier molecular flexibility index (Phi) is 9.07. The molecule has 2 aromatic carbocycles. The predicted molar refractivity (Wildman–Crippen MR) is 151 cm³/mol. The molecule has 8 nitrogen and oxygen atoms in total. The number of benzene rings is 2. The quantitative estimate of drug-likeness (QED) is 0.398. The number of para-hydroxylation sites is 2. The monoisotopic (exact) mass is 548 g/mol. The van der Waals surface area contributed by atoms with Crippen molar-refractivity contribution < 1.29 is 29.3 Å². The largest absolute Gasteiger partial charge is 0.496 e. The summed E-state index contributed by atoms with van der Waals surface area (Å²) in [7, 11) is 1.63. The Bertz CT molecular complexity index is 1220. The van der Waals surface area contributed by atoms with Crippen LogP contribution in [-0.4, -0.2) is 72.0 Å². The average molecular weight is 549 g/mol. The molecule has 0 radical (unpaired) electrons. The van der Waals surface area contributed by atoms with Crippen LogP contribution in [0.25, 0.3) is 0 Å². The van der Waals surface area contributed by atoms with Crippen molar-refractivity contribution >= 4 is 11.8 Å². The molecule has 4 unspecified atom stereocenters. The molecule has 214 valence electrons. The molecule has 8 heteroatoms. The van der Waals surface area contributed by atoms with Crippen molar-refractivity contribution in [3.05, 3.63) is 71.3 Å². The summed E-state index contributed by atoms with van der Waals surface area (Å²) in [6.45, 7) is 0.288. The fourth-order valence-corrected chi connectivity index (χ4v) is 6.55. The van der Waals surface area contributed by atoms with Crippen LogP contribution in [0.2, 0.25) is 0 Å². The molecule has 1 heterocycles. The molecule has 1 fully saturated rings. The van der Waals surface area contributed by atoms with Crippen LogP contribution in [-0.2, 0) is 16.0 Å². The molecule has 5 rings (SSSR count). The van der Waals surface area contributed by atoms with Crippen LogP contribution >= 0.6 is 0 Å². The van der Waals surface area contributed by atoms with Crippen molar-refractivity contribution in [2.24, 2.45) is 5.92 Å². The Balaban J connectivity index is 1.47. The van der Waals surface area contributed by atoms with Crippen LogP contribution in [0.15, 0.2) is 60.2 Å². The third kappa shape index (κ3) is 5.88. The van der Waals surface area contributed by atoms with Gasteiger partial charge in [0.2, 0.25) is 11.8 Å². The highest BCUT2D eigenvalue weighted by Gasteiger charge is 2.50. The number of aliphatic hydroxyl groups is 2. The molecular formula is C32H40N2O6. The minimum Gasteiger partial charge on any atom is -0.496 e. The molecule has 40 heavy (non-hydrogen) atoms. The summed E-state index contributed by atoms with van der Waals surface area (Å²) in [6, 6.07) is 14.5. The maximum atomic E-state index is 13.9. The highest BCUT2D eigenvalue weighted by Crippen LogP contribution is 2.47. The van der Waals surface area contributed by atoms with E-state index in [1.54, 1.807) is 18.1 Å². The molecule has 1 saturated carbocycles. The summed E-state index contributed by atoms with van der Waals surface area (Å²) in [5.41, 5.74) is 2.25. The third-order valence-electron chi connectivity index (χ3n) is 8.61. The summed E-state index contributed by atoms with van der Waals surface area (Å²) in [5.74, 6) is 1.11. The lowest BCUT2D eigenvalue weighted by molar-refractivity contribution is -0.137. The van der Waals surface area contributed by atoms with Gasteiger partial charge in [0.25, 0.3) is 0 Å². The molecular weight excluding hydrogens is 508 g/mol. The van der Waals surface area contributed by atoms with E-state index in [2.05, 4.69) is 5.32 Å². The van der Waals surface area contributed by atoms with Crippen LogP contribution in [0.5, 0.6) is 11.5 Å². The summed E-state index contributed by atoms with van der Waals surface area (Å²) in [5, 5.41) is 23.8. The van der Waals surface area contributed by atoms with Crippen LogP contribution in [0.4, 0.5) is 0 Å². The molecule has 2 amide bonds. The number of carbonyl (C=O) groups excluding carboxylic acids is 2. The fourth-order valence-electron chi connectivity index (χ4n) is 6.55. The zero-order chi connectivity index (χ0) is 28.1.